The topological polar surface area (TPSA) is 61.9 Å². The molecule has 0 bridgehead atoms. The highest BCUT2D eigenvalue weighted by molar-refractivity contribution is 6.31. The van der Waals surface area contributed by atoms with Gasteiger partial charge in [0.2, 0.25) is 0 Å². The monoisotopic (exact) mass is 418 g/mol. The summed E-state index contributed by atoms with van der Waals surface area (Å²) in [5.41, 5.74) is 3.07. The standard InChI is InChI=1S/C23H19ClN4O2/c24-19-10-5-4-7-16(19)15-18-21(27-13-6-14-28(27)22(18)29)20-11-12-25-23(26-20)30-17-8-2-1-3-9-17/h1-5,7-12H,6,13-15H2. The minimum atomic E-state index is 0.00607. The number of fused-ring (bicyclic) bond motifs is 1. The maximum Gasteiger partial charge on any atom is 0.322 e. The summed E-state index contributed by atoms with van der Waals surface area (Å²) in [5, 5.41) is 0.648. The van der Waals surface area contributed by atoms with Crippen molar-refractivity contribution < 1.29 is 4.74 Å². The maximum atomic E-state index is 13.2. The lowest BCUT2D eigenvalue weighted by Crippen LogP contribution is -2.18. The lowest BCUT2D eigenvalue weighted by atomic mass is 10.0. The van der Waals surface area contributed by atoms with Gasteiger partial charge in [-0.1, -0.05) is 48.0 Å². The lowest BCUT2D eigenvalue weighted by Gasteiger charge is -2.10. The second-order valence-corrected chi connectivity index (χ2v) is 7.55. The van der Waals surface area contributed by atoms with Gasteiger partial charge in [0.05, 0.1) is 17.0 Å². The van der Waals surface area contributed by atoms with Gasteiger partial charge in [-0.15, -0.1) is 0 Å². The van der Waals surface area contributed by atoms with Crippen LogP contribution >= 0.6 is 11.6 Å². The number of hydrogen-bond acceptors (Lipinski definition) is 4. The Morgan fingerprint density at radius 3 is 2.57 bits per heavy atom. The number of ether oxygens (including phenoxy) is 1. The average molecular weight is 419 g/mol. The van der Waals surface area contributed by atoms with Crippen LogP contribution in [0.25, 0.3) is 11.4 Å². The third-order valence-electron chi connectivity index (χ3n) is 5.22. The smallest absolute Gasteiger partial charge is 0.322 e. The number of rotatable bonds is 5. The summed E-state index contributed by atoms with van der Waals surface area (Å²) in [7, 11) is 0. The van der Waals surface area contributed by atoms with E-state index in [-0.39, 0.29) is 11.6 Å². The number of benzene rings is 2. The molecule has 0 amide bonds. The Labute approximate surface area is 178 Å². The van der Waals surface area contributed by atoms with Gasteiger partial charge < -0.3 is 4.74 Å². The predicted octanol–water partition coefficient (Wildman–Crippen LogP) is 4.55. The van der Waals surface area contributed by atoms with Gasteiger partial charge in [-0.3, -0.25) is 9.48 Å². The van der Waals surface area contributed by atoms with E-state index in [4.69, 9.17) is 16.3 Å². The highest BCUT2D eigenvalue weighted by Crippen LogP contribution is 2.29. The first-order chi connectivity index (χ1) is 14.7. The molecule has 6 nitrogen and oxygen atoms in total. The van der Waals surface area contributed by atoms with Crippen LogP contribution in [0.1, 0.15) is 17.5 Å². The van der Waals surface area contributed by atoms with Gasteiger partial charge in [0, 0.05) is 30.7 Å². The van der Waals surface area contributed by atoms with Crippen LogP contribution in [-0.4, -0.2) is 19.3 Å². The molecule has 0 aliphatic carbocycles. The Kier molecular flexibility index (Phi) is 4.85. The molecule has 1 aliphatic rings. The molecule has 0 fully saturated rings. The first-order valence-electron chi connectivity index (χ1n) is 9.83. The summed E-state index contributed by atoms with van der Waals surface area (Å²) in [6.45, 7) is 1.47. The van der Waals surface area contributed by atoms with E-state index < -0.39 is 0 Å². The molecule has 0 saturated heterocycles. The zero-order valence-corrected chi connectivity index (χ0v) is 16.9. The summed E-state index contributed by atoms with van der Waals surface area (Å²) in [6.07, 6.45) is 3.02. The van der Waals surface area contributed by atoms with Crippen molar-refractivity contribution in [1.82, 2.24) is 19.3 Å². The molecule has 2 aromatic heterocycles. The fraction of sp³-hybridized carbons (Fsp3) is 0.174. The minimum absolute atomic E-state index is 0.00607. The molecule has 1 aliphatic heterocycles. The molecule has 0 unspecified atom stereocenters. The molecule has 0 radical (unpaired) electrons. The largest absolute Gasteiger partial charge is 0.424 e. The van der Waals surface area contributed by atoms with Gasteiger partial charge in [-0.2, -0.15) is 4.98 Å². The lowest BCUT2D eigenvalue weighted by molar-refractivity contribution is 0.442. The number of hydrogen-bond donors (Lipinski definition) is 0. The number of nitrogens with zero attached hydrogens (tertiary/aromatic N) is 4. The predicted molar refractivity (Wildman–Crippen MR) is 115 cm³/mol. The van der Waals surface area contributed by atoms with Gasteiger partial charge in [-0.25, -0.2) is 9.67 Å². The van der Waals surface area contributed by atoms with Gasteiger partial charge in [0.1, 0.15) is 5.75 Å². The van der Waals surface area contributed by atoms with Gasteiger partial charge in [0.25, 0.3) is 5.56 Å². The number of halogens is 1. The van der Waals surface area contributed by atoms with Crippen LogP contribution in [0.4, 0.5) is 0 Å². The highest BCUT2D eigenvalue weighted by atomic mass is 35.5. The number of aromatic nitrogens is 4. The molecule has 30 heavy (non-hydrogen) atoms. The van der Waals surface area contributed by atoms with E-state index in [0.29, 0.717) is 35.0 Å². The van der Waals surface area contributed by atoms with E-state index in [1.165, 1.54) is 0 Å². The van der Waals surface area contributed by atoms with Crippen molar-refractivity contribution in [2.45, 2.75) is 25.9 Å². The first-order valence-corrected chi connectivity index (χ1v) is 10.2. The highest BCUT2D eigenvalue weighted by Gasteiger charge is 2.26. The van der Waals surface area contributed by atoms with Crippen LogP contribution in [0, 0.1) is 0 Å². The Bertz CT molecular complexity index is 1260. The van der Waals surface area contributed by atoms with E-state index in [1.54, 1.807) is 10.9 Å². The Hall–Kier alpha value is -3.38. The zero-order chi connectivity index (χ0) is 20.5. The van der Waals surface area contributed by atoms with Crippen LogP contribution in [-0.2, 0) is 19.5 Å². The van der Waals surface area contributed by atoms with Crippen molar-refractivity contribution in [1.29, 1.82) is 0 Å². The molecule has 2 aromatic carbocycles. The van der Waals surface area contributed by atoms with Gasteiger partial charge in [0.15, 0.2) is 0 Å². The SMILES string of the molecule is O=c1c(Cc2ccccc2Cl)c(-c2ccnc(Oc3ccccc3)n2)n2n1CCC2. The molecular formula is C23H19ClN4O2. The average Bonchev–Trinajstić information content (AvgIpc) is 3.33. The third kappa shape index (κ3) is 3.39. The van der Waals surface area contributed by atoms with Crippen molar-refractivity contribution in [3.63, 3.8) is 0 Å². The quantitative estimate of drug-likeness (QED) is 0.477. The van der Waals surface area contributed by atoms with E-state index in [2.05, 4.69) is 9.97 Å². The van der Waals surface area contributed by atoms with Crippen LogP contribution in [0.2, 0.25) is 5.02 Å². The molecule has 0 N–H and O–H groups in total. The van der Waals surface area contributed by atoms with Crippen LogP contribution in [0.3, 0.4) is 0 Å². The molecule has 4 aromatic rings. The Morgan fingerprint density at radius 1 is 0.967 bits per heavy atom. The van der Waals surface area contributed by atoms with E-state index >= 15 is 0 Å². The second-order valence-electron chi connectivity index (χ2n) is 7.14. The van der Waals surface area contributed by atoms with Crippen LogP contribution < -0.4 is 10.3 Å². The van der Waals surface area contributed by atoms with Crippen molar-refractivity contribution in [3.05, 3.63) is 93.4 Å². The Balaban J connectivity index is 1.59. The van der Waals surface area contributed by atoms with E-state index in [1.807, 2.05) is 65.3 Å². The molecule has 150 valence electrons. The molecule has 0 atom stereocenters. The van der Waals surface area contributed by atoms with E-state index in [9.17, 15) is 4.79 Å². The van der Waals surface area contributed by atoms with Gasteiger partial charge >= 0.3 is 6.01 Å². The maximum absolute atomic E-state index is 13.2. The van der Waals surface area contributed by atoms with Crippen molar-refractivity contribution in [2.75, 3.05) is 0 Å². The first kappa shape index (κ1) is 18.6. The van der Waals surface area contributed by atoms with Crippen molar-refractivity contribution in [3.8, 4) is 23.1 Å². The summed E-state index contributed by atoms with van der Waals surface area (Å²) >= 11 is 6.37. The summed E-state index contributed by atoms with van der Waals surface area (Å²) in [6, 6.07) is 19.1. The second kappa shape index (κ2) is 7.80. The fourth-order valence-electron chi connectivity index (χ4n) is 3.86. The Morgan fingerprint density at radius 2 is 1.73 bits per heavy atom. The van der Waals surface area contributed by atoms with Crippen LogP contribution in [0.15, 0.2) is 71.7 Å². The van der Waals surface area contributed by atoms with Crippen molar-refractivity contribution in [2.24, 2.45) is 0 Å². The summed E-state index contributed by atoms with van der Waals surface area (Å²) in [5.74, 6) is 0.658. The third-order valence-corrected chi connectivity index (χ3v) is 5.59. The number of para-hydroxylation sites is 1. The minimum Gasteiger partial charge on any atom is -0.424 e. The summed E-state index contributed by atoms with van der Waals surface area (Å²) in [4.78, 5) is 22.0. The van der Waals surface area contributed by atoms with Gasteiger partial charge in [-0.05, 0) is 36.2 Å². The molecule has 7 heteroatoms. The molecular weight excluding hydrogens is 400 g/mol. The van der Waals surface area contributed by atoms with E-state index in [0.717, 1.165) is 24.2 Å². The molecule has 0 saturated carbocycles. The van der Waals surface area contributed by atoms with Crippen LogP contribution in [0.5, 0.6) is 11.8 Å². The summed E-state index contributed by atoms with van der Waals surface area (Å²) < 4.78 is 9.62. The van der Waals surface area contributed by atoms with Crippen molar-refractivity contribution >= 4 is 11.6 Å². The zero-order valence-electron chi connectivity index (χ0n) is 16.2. The molecule has 0 spiro atoms. The normalized spacial score (nSPS) is 12.7. The molecule has 3 heterocycles. The molecule has 5 rings (SSSR count). The fourth-order valence-corrected chi connectivity index (χ4v) is 4.06.